The average Bonchev–Trinajstić information content (AvgIpc) is 2.57. The largest absolute Gasteiger partial charge is 0.0856 e. The van der Waals surface area contributed by atoms with E-state index in [0.717, 1.165) is 35.9 Å². The lowest BCUT2D eigenvalue weighted by Crippen LogP contribution is -2.27. The van der Waals surface area contributed by atoms with Crippen molar-refractivity contribution >= 4 is 7.85 Å². The van der Waals surface area contributed by atoms with E-state index < -0.39 is 0 Å². The summed E-state index contributed by atoms with van der Waals surface area (Å²) in [5.41, 5.74) is 0.493. The molecule has 0 N–H and O–H groups in total. The molecule has 0 saturated heterocycles. The molecule has 0 heterocycles. The van der Waals surface area contributed by atoms with Crippen LogP contribution >= 0.6 is 0 Å². The molecule has 1 saturated carbocycles. The van der Waals surface area contributed by atoms with E-state index in [9.17, 15) is 0 Å². The van der Waals surface area contributed by atoms with Crippen LogP contribution in [-0.4, -0.2) is 7.85 Å². The van der Waals surface area contributed by atoms with Crippen molar-refractivity contribution in [3.05, 3.63) is 0 Å². The SMILES string of the molecule is [B]CC1CC(C)C(C)CCCC(CCC)C1CCC(C)(C)CC. The fraction of sp³-hybridized carbons (Fsp3) is 1.00. The Labute approximate surface area is 149 Å². The van der Waals surface area contributed by atoms with Gasteiger partial charge in [0.2, 0.25) is 0 Å². The topological polar surface area (TPSA) is 0 Å². The first kappa shape index (κ1) is 21.1. The third-order valence-corrected chi connectivity index (χ3v) is 7.17. The van der Waals surface area contributed by atoms with E-state index in [1.165, 1.54) is 57.8 Å². The summed E-state index contributed by atoms with van der Waals surface area (Å²) in [6, 6.07) is 0. The Hall–Kier alpha value is 0.0649. The van der Waals surface area contributed by atoms with E-state index in [0.29, 0.717) is 5.41 Å². The average molecular weight is 318 g/mol. The normalized spacial score (nSPS) is 33.7. The Bertz CT molecular complexity index is 309. The third kappa shape index (κ3) is 6.83. The minimum absolute atomic E-state index is 0.493. The fourth-order valence-electron chi connectivity index (χ4n) is 4.68. The first-order valence-electron chi connectivity index (χ1n) is 10.5. The molecule has 5 atom stereocenters. The lowest BCUT2D eigenvalue weighted by Gasteiger charge is -2.37. The quantitative estimate of drug-likeness (QED) is 0.432. The molecule has 1 aliphatic carbocycles. The Morgan fingerprint density at radius 2 is 1.65 bits per heavy atom. The number of hydrogen-bond acceptors (Lipinski definition) is 0. The fourth-order valence-corrected chi connectivity index (χ4v) is 4.68. The Balaban J connectivity index is 2.91. The molecule has 134 valence electrons. The van der Waals surface area contributed by atoms with Crippen molar-refractivity contribution in [1.29, 1.82) is 0 Å². The second-order valence-corrected chi connectivity index (χ2v) is 9.39. The van der Waals surface area contributed by atoms with Gasteiger partial charge in [0.1, 0.15) is 0 Å². The van der Waals surface area contributed by atoms with Crippen molar-refractivity contribution < 1.29 is 0 Å². The lowest BCUT2D eigenvalue weighted by atomic mass is 9.66. The van der Waals surface area contributed by atoms with Gasteiger partial charge < -0.3 is 0 Å². The molecule has 0 amide bonds. The van der Waals surface area contributed by atoms with Gasteiger partial charge in [-0.2, -0.15) is 0 Å². The van der Waals surface area contributed by atoms with Gasteiger partial charge in [-0.25, -0.2) is 0 Å². The zero-order valence-electron chi connectivity index (χ0n) is 17.0. The molecule has 1 fully saturated rings. The Morgan fingerprint density at radius 1 is 0.957 bits per heavy atom. The molecule has 5 unspecified atom stereocenters. The van der Waals surface area contributed by atoms with Gasteiger partial charge in [0, 0.05) is 0 Å². The minimum Gasteiger partial charge on any atom is -0.0856 e. The summed E-state index contributed by atoms with van der Waals surface area (Å²) in [7, 11) is 6.30. The Morgan fingerprint density at radius 3 is 2.22 bits per heavy atom. The first-order valence-corrected chi connectivity index (χ1v) is 10.5. The summed E-state index contributed by atoms with van der Waals surface area (Å²) >= 11 is 0. The van der Waals surface area contributed by atoms with Crippen LogP contribution in [0.25, 0.3) is 0 Å². The molecule has 0 nitrogen and oxygen atoms in total. The minimum atomic E-state index is 0.493. The molecule has 0 aliphatic heterocycles. The van der Waals surface area contributed by atoms with Crippen LogP contribution in [0.15, 0.2) is 0 Å². The lowest BCUT2D eigenvalue weighted by molar-refractivity contribution is 0.153. The summed E-state index contributed by atoms with van der Waals surface area (Å²) in [5.74, 6) is 4.23. The van der Waals surface area contributed by atoms with Gasteiger partial charge in [0.25, 0.3) is 0 Å². The highest BCUT2D eigenvalue weighted by Crippen LogP contribution is 2.43. The summed E-state index contributed by atoms with van der Waals surface area (Å²) in [6.07, 6.45) is 13.4. The predicted molar refractivity (Wildman–Crippen MR) is 106 cm³/mol. The number of hydrogen-bond donors (Lipinski definition) is 0. The maximum absolute atomic E-state index is 6.30. The molecule has 1 heteroatoms. The summed E-state index contributed by atoms with van der Waals surface area (Å²) in [5, 5.41) is 0. The number of rotatable bonds is 7. The van der Waals surface area contributed by atoms with Crippen LogP contribution in [-0.2, 0) is 0 Å². The van der Waals surface area contributed by atoms with Crippen molar-refractivity contribution in [3.8, 4) is 0 Å². The van der Waals surface area contributed by atoms with Crippen molar-refractivity contribution in [2.45, 2.75) is 106 Å². The summed E-state index contributed by atoms with van der Waals surface area (Å²) in [4.78, 5) is 0. The molecule has 0 bridgehead atoms. The molecule has 0 aromatic carbocycles. The van der Waals surface area contributed by atoms with Crippen LogP contribution < -0.4 is 0 Å². The van der Waals surface area contributed by atoms with E-state index in [2.05, 4.69) is 41.5 Å². The van der Waals surface area contributed by atoms with Gasteiger partial charge in [-0.15, -0.1) is 0 Å². The van der Waals surface area contributed by atoms with E-state index in [-0.39, 0.29) is 0 Å². The zero-order valence-corrected chi connectivity index (χ0v) is 17.0. The van der Waals surface area contributed by atoms with Gasteiger partial charge in [0.15, 0.2) is 0 Å². The van der Waals surface area contributed by atoms with Crippen LogP contribution in [0.3, 0.4) is 0 Å². The molecular weight excluding hydrogens is 275 g/mol. The standard InChI is InChI=1S/C22H43B/c1-7-10-19-12-9-11-17(3)18(4)15-20(16-23)21(19)13-14-22(5,6)8-2/h17-21H,7-16H2,1-6H3. The third-order valence-electron chi connectivity index (χ3n) is 7.17. The van der Waals surface area contributed by atoms with Crippen molar-refractivity contribution in [2.75, 3.05) is 0 Å². The van der Waals surface area contributed by atoms with Gasteiger partial charge in [-0.3, -0.25) is 0 Å². The van der Waals surface area contributed by atoms with E-state index in [1.54, 1.807) is 0 Å². The van der Waals surface area contributed by atoms with Crippen LogP contribution in [0.5, 0.6) is 0 Å². The van der Waals surface area contributed by atoms with Crippen molar-refractivity contribution in [3.63, 3.8) is 0 Å². The van der Waals surface area contributed by atoms with Crippen molar-refractivity contribution in [2.24, 2.45) is 35.0 Å². The molecule has 2 radical (unpaired) electrons. The van der Waals surface area contributed by atoms with Crippen LogP contribution in [0.2, 0.25) is 6.32 Å². The first-order chi connectivity index (χ1) is 10.8. The molecule has 0 aromatic rings. The molecular formula is C22H43B. The molecule has 23 heavy (non-hydrogen) atoms. The molecule has 1 rings (SSSR count). The highest BCUT2D eigenvalue weighted by molar-refractivity contribution is 6.08. The van der Waals surface area contributed by atoms with Gasteiger partial charge in [-0.05, 0) is 54.3 Å². The van der Waals surface area contributed by atoms with Gasteiger partial charge in [0.05, 0.1) is 7.85 Å². The van der Waals surface area contributed by atoms with Crippen LogP contribution in [0, 0.1) is 35.0 Å². The van der Waals surface area contributed by atoms with Gasteiger partial charge in [-0.1, -0.05) is 86.4 Å². The molecule has 0 aromatic heterocycles. The highest BCUT2D eigenvalue weighted by Gasteiger charge is 2.32. The molecule has 0 spiro atoms. The maximum atomic E-state index is 6.30. The van der Waals surface area contributed by atoms with E-state index >= 15 is 0 Å². The van der Waals surface area contributed by atoms with E-state index in [1.807, 2.05) is 0 Å². The van der Waals surface area contributed by atoms with E-state index in [4.69, 9.17) is 7.85 Å². The monoisotopic (exact) mass is 318 g/mol. The summed E-state index contributed by atoms with van der Waals surface area (Å²) in [6.45, 7) is 14.5. The zero-order chi connectivity index (χ0) is 17.5. The van der Waals surface area contributed by atoms with Crippen LogP contribution in [0.1, 0.15) is 99.3 Å². The highest BCUT2D eigenvalue weighted by atomic mass is 14.4. The predicted octanol–water partition coefficient (Wildman–Crippen LogP) is 7.28. The second-order valence-electron chi connectivity index (χ2n) is 9.39. The maximum Gasteiger partial charge on any atom is 0.0656 e. The van der Waals surface area contributed by atoms with Gasteiger partial charge >= 0.3 is 0 Å². The van der Waals surface area contributed by atoms with Crippen molar-refractivity contribution in [1.82, 2.24) is 0 Å². The Kier molecular flexibility index (Phi) is 9.31. The second kappa shape index (κ2) is 10.1. The van der Waals surface area contributed by atoms with Crippen LogP contribution in [0.4, 0.5) is 0 Å². The smallest absolute Gasteiger partial charge is 0.0656 e. The summed E-state index contributed by atoms with van der Waals surface area (Å²) < 4.78 is 0. The molecule has 1 aliphatic rings.